The molecule has 1 N–H and O–H groups in total. The van der Waals surface area contributed by atoms with Crippen LogP contribution in [0.1, 0.15) is 29.9 Å². The Labute approximate surface area is 147 Å². The maximum atomic E-state index is 12.6. The number of aromatic nitrogens is 4. The summed E-state index contributed by atoms with van der Waals surface area (Å²) < 4.78 is 3.56. The Morgan fingerprint density at radius 3 is 2.64 bits per heavy atom. The molecular formula is C19H23N5O. The lowest BCUT2D eigenvalue weighted by Crippen LogP contribution is -2.26. The van der Waals surface area contributed by atoms with Crippen molar-refractivity contribution in [1.82, 2.24) is 19.6 Å². The van der Waals surface area contributed by atoms with Gasteiger partial charge >= 0.3 is 0 Å². The van der Waals surface area contributed by atoms with Crippen molar-refractivity contribution in [3.63, 3.8) is 0 Å². The van der Waals surface area contributed by atoms with Gasteiger partial charge in [0.25, 0.3) is 0 Å². The average Bonchev–Trinajstić information content (AvgIpc) is 3.18. The molecule has 1 amide bonds. The summed E-state index contributed by atoms with van der Waals surface area (Å²) in [7, 11) is 0. The minimum atomic E-state index is -0.383. The molecule has 0 aliphatic rings. The van der Waals surface area contributed by atoms with Crippen molar-refractivity contribution in [2.75, 3.05) is 5.32 Å². The first-order valence-electron chi connectivity index (χ1n) is 8.44. The van der Waals surface area contributed by atoms with Crippen molar-refractivity contribution in [3.8, 4) is 0 Å². The molecule has 0 aliphatic carbocycles. The number of nitrogens with zero attached hydrogens (tertiary/aromatic N) is 4. The standard InChI is InChI=1S/C19H23N5O/c1-14-13-15(2)24(22-14)16(3)19(25)21-18-9-11-20-23(18)12-10-17-7-5-4-6-8-17/h4-9,11,13,16H,10,12H2,1-3H3,(H,21,25). The van der Waals surface area contributed by atoms with Gasteiger partial charge in [0.2, 0.25) is 5.91 Å². The van der Waals surface area contributed by atoms with Crippen LogP contribution in [0.2, 0.25) is 0 Å². The second-order valence-corrected chi connectivity index (χ2v) is 6.21. The molecule has 0 saturated heterocycles. The van der Waals surface area contributed by atoms with E-state index >= 15 is 0 Å². The van der Waals surface area contributed by atoms with Crippen LogP contribution in [0.4, 0.5) is 5.82 Å². The molecule has 0 fully saturated rings. The van der Waals surface area contributed by atoms with Gasteiger partial charge in [0.1, 0.15) is 11.9 Å². The molecule has 25 heavy (non-hydrogen) atoms. The van der Waals surface area contributed by atoms with E-state index in [2.05, 4.69) is 27.6 Å². The molecule has 0 bridgehead atoms. The van der Waals surface area contributed by atoms with Gasteiger partial charge in [-0.25, -0.2) is 4.68 Å². The predicted octanol–water partition coefficient (Wildman–Crippen LogP) is 3.14. The molecule has 1 unspecified atom stereocenters. The van der Waals surface area contributed by atoms with Gasteiger partial charge in [-0.2, -0.15) is 10.2 Å². The fourth-order valence-electron chi connectivity index (χ4n) is 2.88. The molecule has 1 aromatic carbocycles. The molecule has 3 rings (SSSR count). The van der Waals surface area contributed by atoms with Crippen LogP contribution in [0, 0.1) is 13.8 Å². The van der Waals surface area contributed by atoms with Crippen LogP contribution in [0.15, 0.2) is 48.7 Å². The number of anilines is 1. The quantitative estimate of drug-likeness (QED) is 0.751. The zero-order valence-electron chi connectivity index (χ0n) is 14.8. The smallest absolute Gasteiger partial charge is 0.250 e. The van der Waals surface area contributed by atoms with Gasteiger partial charge in [0, 0.05) is 18.3 Å². The number of aryl methyl sites for hydroxylation is 4. The van der Waals surface area contributed by atoms with Crippen molar-refractivity contribution in [2.24, 2.45) is 0 Å². The first-order chi connectivity index (χ1) is 12.0. The van der Waals surface area contributed by atoms with E-state index in [0.29, 0.717) is 12.4 Å². The molecule has 130 valence electrons. The van der Waals surface area contributed by atoms with Crippen molar-refractivity contribution >= 4 is 11.7 Å². The van der Waals surface area contributed by atoms with Crippen LogP contribution < -0.4 is 5.32 Å². The first kappa shape index (κ1) is 17.0. The zero-order chi connectivity index (χ0) is 17.8. The molecule has 0 spiro atoms. The molecule has 0 aliphatic heterocycles. The van der Waals surface area contributed by atoms with Gasteiger partial charge in [-0.15, -0.1) is 0 Å². The van der Waals surface area contributed by atoms with E-state index in [1.807, 2.05) is 55.8 Å². The Hall–Kier alpha value is -2.89. The molecule has 6 heteroatoms. The molecular weight excluding hydrogens is 314 g/mol. The number of nitrogens with one attached hydrogen (secondary N) is 1. The van der Waals surface area contributed by atoms with Gasteiger partial charge in [-0.3, -0.25) is 9.48 Å². The lowest BCUT2D eigenvalue weighted by Gasteiger charge is -2.15. The highest BCUT2D eigenvalue weighted by Gasteiger charge is 2.19. The van der Waals surface area contributed by atoms with E-state index in [0.717, 1.165) is 17.8 Å². The minimum absolute atomic E-state index is 0.104. The molecule has 2 heterocycles. The number of amides is 1. The monoisotopic (exact) mass is 337 g/mol. The highest BCUT2D eigenvalue weighted by Crippen LogP contribution is 2.15. The van der Waals surface area contributed by atoms with Crippen molar-refractivity contribution in [1.29, 1.82) is 0 Å². The lowest BCUT2D eigenvalue weighted by atomic mass is 10.1. The minimum Gasteiger partial charge on any atom is -0.309 e. The molecule has 0 radical (unpaired) electrons. The van der Waals surface area contributed by atoms with Crippen molar-refractivity contribution < 1.29 is 4.79 Å². The van der Waals surface area contributed by atoms with E-state index in [4.69, 9.17) is 0 Å². The second-order valence-electron chi connectivity index (χ2n) is 6.21. The number of hydrogen-bond donors (Lipinski definition) is 1. The number of rotatable bonds is 6. The largest absolute Gasteiger partial charge is 0.309 e. The SMILES string of the molecule is Cc1cc(C)n(C(C)C(=O)Nc2ccnn2CCc2ccccc2)n1. The number of carbonyl (C=O) groups excluding carboxylic acids is 1. The molecule has 2 aromatic heterocycles. The third-order valence-electron chi connectivity index (χ3n) is 4.21. The Bertz CT molecular complexity index is 850. The Balaban J connectivity index is 1.66. The van der Waals surface area contributed by atoms with Crippen molar-refractivity contribution in [3.05, 3.63) is 65.6 Å². The topological polar surface area (TPSA) is 64.7 Å². The van der Waals surface area contributed by atoms with Crippen LogP contribution in [0.3, 0.4) is 0 Å². The van der Waals surface area contributed by atoms with Crippen LogP contribution in [0.25, 0.3) is 0 Å². The van der Waals surface area contributed by atoms with Crippen LogP contribution in [-0.2, 0) is 17.8 Å². The fourth-order valence-corrected chi connectivity index (χ4v) is 2.88. The molecule has 6 nitrogen and oxygen atoms in total. The zero-order valence-corrected chi connectivity index (χ0v) is 14.8. The summed E-state index contributed by atoms with van der Waals surface area (Å²) >= 11 is 0. The number of carbonyl (C=O) groups is 1. The van der Waals surface area contributed by atoms with Gasteiger partial charge < -0.3 is 5.32 Å². The van der Waals surface area contributed by atoms with Gasteiger partial charge in [0.15, 0.2) is 0 Å². The van der Waals surface area contributed by atoms with Crippen molar-refractivity contribution in [2.45, 2.75) is 39.8 Å². The lowest BCUT2D eigenvalue weighted by molar-refractivity contribution is -0.119. The number of hydrogen-bond acceptors (Lipinski definition) is 3. The Kier molecular flexibility index (Phi) is 4.97. The van der Waals surface area contributed by atoms with Crippen LogP contribution >= 0.6 is 0 Å². The van der Waals surface area contributed by atoms with Gasteiger partial charge in [-0.05, 0) is 38.8 Å². The fraction of sp³-hybridized carbons (Fsp3) is 0.316. The predicted molar refractivity (Wildman–Crippen MR) is 97.4 cm³/mol. The summed E-state index contributed by atoms with van der Waals surface area (Å²) in [5, 5.41) is 11.7. The van der Waals surface area contributed by atoms with Crippen LogP contribution in [0.5, 0.6) is 0 Å². The normalized spacial score (nSPS) is 12.1. The summed E-state index contributed by atoms with van der Waals surface area (Å²) in [5.74, 6) is 0.599. The summed E-state index contributed by atoms with van der Waals surface area (Å²) in [6.45, 7) is 6.43. The van der Waals surface area contributed by atoms with E-state index in [-0.39, 0.29) is 11.9 Å². The van der Waals surface area contributed by atoms with Gasteiger partial charge in [0.05, 0.1) is 11.9 Å². The Morgan fingerprint density at radius 2 is 1.96 bits per heavy atom. The highest BCUT2D eigenvalue weighted by atomic mass is 16.2. The number of benzene rings is 1. The third-order valence-corrected chi connectivity index (χ3v) is 4.21. The maximum Gasteiger partial charge on any atom is 0.250 e. The summed E-state index contributed by atoms with van der Waals surface area (Å²) in [6.07, 6.45) is 2.56. The second kappa shape index (κ2) is 7.34. The van der Waals surface area contributed by atoms with E-state index in [1.54, 1.807) is 10.9 Å². The van der Waals surface area contributed by atoms with Gasteiger partial charge in [-0.1, -0.05) is 30.3 Å². The third kappa shape index (κ3) is 3.96. The van der Waals surface area contributed by atoms with Crippen LogP contribution in [-0.4, -0.2) is 25.5 Å². The molecule has 1 atom stereocenters. The summed E-state index contributed by atoms with van der Waals surface area (Å²) in [5.41, 5.74) is 3.12. The summed E-state index contributed by atoms with van der Waals surface area (Å²) in [4.78, 5) is 12.6. The average molecular weight is 337 g/mol. The first-order valence-corrected chi connectivity index (χ1v) is 8.44. The van der Waals surface area contributed by atoms with E-state index in [1.165, 1.54) is 5.56 Å². The maximum absolute atomic E-state index is 12.6. The highest BCUT2D eigenvalue weighted by molar-refractivity contribution is 5.92. The Morgan fingerprint density at radius 1 is 1.20 bits per heavy atom. The van der Waals surface area contributed by atoms with E-state index in [9.17, 15) is 4.79 Å². The molecule has 3 aromatic rings. The molecule has 0 saturated carbocycles. The summed E-state index contributed by atoms with van der Waals surface area (Å²) in [6, 6.07) is 13.6. The van der Waals surface area contributed by atoms with E-state index < -0.39 is 0 Å².